The molecule has 1 aliphatic heterocycles. The third-order valence-electron chi connectivity index (χ3n) is 3.82. The molecular formula is C16H26N4S. The van der Waals surface area contributed by atoms with Gasteiger partial charge >= 0.3 is 0 Å². The van der Waals surface area contributed by atoms with E-state index in [9.17, 15) is 0 Å². The number of pyridine rings is 1. The molecule has 1 aromatic rings. The lowest BCUT2D eigenvalue weighted by Crippen LogP contribution is -2.40. The van der Waals surface area contributed by atoms with Crippen LogP contribution >= 0.6 is 12.2 Å². The van der Waals surface area contributed by atoms with E-state index in [0.29, 0.717) is 5.11 Å². The summed E-state index contributed by atoms with van der Waals surface area (Å²) in [5, 5.41) is 7.11. The second kappa shape index (κ2) is 8.29. The van der Waals surface area contributed by atoms with Crippen molar-refractivity contribution in [2.75, 3.05) is 31.5 Å². The number of nitrogens with zero attached hydrogens (tertiary/aromatic N) is 2. The monoisotopic (exact) mass is 306 g/mol. The largest absolute Gasteiger partial charge is 0.362 e. The SMILES string of the molecule is C[C@@H]1C[C@@H](C)CN(CCCNC(=S)Nc2ccncc2)C1. The first kappa shape index (κ1) is 16.2. The molecule has 1 aliphatic rings. The van der Waals surface area contributed by atoms with Gasteiger partial charge in [-0.2, -0.15) is 0 Å². The van der Waals surface area contributed by atoms with Crippen molar-refractivity contribution in [3.63, 3.8) is 0 Å². The Morgan fingerprint density at radius 2 is 1.95 bits per heavy atom. The normalized spacial score (nSPS) is 22.8. The molecule has 0 saturated carbocycles. The van der Waals surface area contributed by atoms with Crippen LogP contribution in [0.5, 0.6) is 0 Å². The Morgan fingerprint density at radius 3 is 2.62 bits per heavy atom. The van der Waals surface area contributed by atoms with E-state index in [0.717, 1.165) is 37.0 Å². The number of aromatic nitrogens is 1. The summed E-state index contributed by atoms with van der Waals surface area (Å²) in [7, 11) is 0. The van der Waals surface area contributed by atoms with E-state index >= 15 is 0 Å². The molecule has 1 saturated heterocycles. The van der Waals surface area contributed by atoms with Gasteiger partial charge in [0, 0.05) is 37.7 Å². The highest BCUT2D eigenvalue weighted by molar-refractivity contribution is 7.80. The van der Waals surface area contributed by atoms with Gasteiger partial charge in [0.2, 0.25) is 0 Å². The topological polar surface area (TPSA) is 40.2 Å². The molecule has 0 aliphatic carbocycles. The van der Waals surface area contributed by atoms with Gasteiger partial charge < -0.3 is 15.5 Å². The molecule has 2 rings (SSSR count). The predicted octanol–water partition coefficient (Wildman–Crippen LogP) is 2.74. The van der Waals surface area contributed by atoms with Gasteiger partial charge in [0.1, 0.15) is 0 Å². The van der Waals surface area contributed by atoms with Crippen molar-refractivity contribution in [3.8, 4) is 0 Å². The maximum Gasteiger partial charge on any atom is 0.170 e. The van der Waals surface area contributed by atoms with Crippen LogP contribution in [0.3, 0.4) is 0 Å². The van der Waals surface area contributed by atoms with E-state index < -0.39 is 0 Å². The molecule has 4 nitrogen and oxygen atoms in total. The Hall–Kier alpha value is -1.20. The van der Waals surface area contributed by atoms with E-state index in [-0.39, 0.29) is 0 Å². The second-order valence-electron chi connectivity index (χ2n) is 6.18. The summed E-state index contributed by atoms with van der Waals surface area (Å²) < 4.78 is 0. The van der Waals surface area contributed by atoms with Crippen molar-refractivity contribution in [2.45, 2.75) is 26.7 Å². The van der Waals surface area contributed by atoms with Crippen LogP contribution in [0.1, 0.15) is 26.7 Å². The van der Waals surface area contributed by atoms with Gasteiger partial charge in [-0.15, -0.1) is 0 Å². The minimum atomic E-state index is 0.682. The molecule has 21 heavy (non-hydrogen) atoms. The molecule has 5 heteroatoms. The summed E-state index contributed by atoms with van der Waals surface area (Å²) in [6.45, 7) is 9.26. The maximum absolute atomic E-state index is 5.29. The first-order valence-electron chi connectivity index (χ1n) is 7.80. The Balaban J connectivity index is 1.60. The fourth-order valence-electron chi connectivity index (χ4n) is 3.09. The summed E-state index contributed by atoms with van der Waals surface area (Å²) in [6.07, 6.45) is 6.00. The average Bonchev–Trinajstić information content (AvgIpc) is 2.44. The van der Waals surface area contributed by atoms with Gasteiger partial charge in [-0.3, -0.25) is 4.98 Å². The fraction of sp³-hybridized carbons (Fsp3) is 0.625. The highest BCUT2D eigenvalue weighted by atomic mass is 32.1. The molecule has 0 unspecified atom stereocenters. The minimum Gasteiger partial charge on any atom is -0.362 e. The van der Waals surface area contributed by atoms with Gasteiger partial charge in [-0.05, 0) is 55.6 Å². The molecule has 1 aromatic heterocycles. The molecule has 0 radical (unpaired) electrons. The van der Waals surface area contributed by atoms with Gasteiger partial charge in [-0.25, -0.2) is 0 Å². The van der Waals surface area contributed by atoms with Crippen LogP contribution in [0.4, 0.5) is 5.69 Å². The van der Waals surface area contributed by atoms with Crippen molar-refractivity contribution in [1.29, 1.82) is 0 Å². The highest BCUT2D eigenvalue weighted by Crippen LogP contribution is 2.20. The number of nitrogens with one attached hydrogen (secondary N) is 2. The molecule has 1 fully saturated rings. The highest BCUT2D eigenvalue weighted by Gasteiger charge is 2.20. The van der Waals surface area contributed by atoms with Crippen molar-refractivity contribution < 1.29 is 0 Å². The zero-order valence-electron chi connectivity index (χ0n) is 13.0. The Morgan fingerprint density at radius 1 is 1.29 bits per heavy atom. The zero-order valence-corrected chi connectivity index (χ0v) is 13.8. The van der Waals surface area contributed by atoms with Crippen molar-refractivity contribution in [1.82, 2.24) is 15.2 Å². The lowest BCUT2D eigenvalue weighted by molar-refractivity contribution is 0.140. The van der Waals surface area contributed by atoms with Crippen LogP contribution in [-0.2, 0) is 0 Å². The molecule has 0 aromatic carbocycles. The number of hydrogen-bond acceptors (Lipinski definition) is 3. The van der Waals surface area contributed by atoms with Gasteiger partial charge in [0.15, 0.2) is 5.11 Å². The van der Waals surface area contributed by atoms with Crippen LogP contribution in [0, 0.1) is 11.8 Å². The van der Waals surface area contributed by atoms with E-state index in [1.807, 2.05) is 12.1 Å². The zero-order chi connectivity index (χ0) is 15.1. The number of anilines is 1. The summed E-state index contributed by atoms with van der Waals surface area (Å²) in [5.74, 6) is 1.66. The van der Waals surface area contributed by atoms with E-state index in [2.05, 4.69) is 34.4 Å². The van der Waals surface area contributed by atoms with Gasteiger partial charge in [0.25, 0.3) is 0 Å². The van der Waals surface area contributed by atoms with Crippen LogP contribution in [-0.4, -0.2) is 41.2 Å². The first-order valence-corrected chi connectivity index (χ1v) is 8.21. The summed E-state index contributed by atoms with van der Waals surface area (Å²) in [4.78, 5) is 6.57. The lowest BCUT2D eigenvalue weighted by Gasteiger charge is -2.34. The van der Waals surface area contributed by atoms with Crippen LogP contribution < -0.4 is 10.6 Å². The first-order chi connectivity index (χ1) is 10.1. The molecule has 2 N–H and O–H groups in total. The molecule has 116 valence electrons. The van der Waals surface area contributed by atoms with Crippen molar-refractivity contribution >= 4 is 23.0 Å². The predicted molar refractivity (Wildman–Crippen MR) is 92.5 cm³/mol. The van der Waals surface area contributed by atoms with Gasteiger partial charge in [0.05, 0.1) is 0 Å². The quantitative estimate of drug-likeness (QED) is 0.646. The molecule has 0 bridgehead atoms. The fourth-order valence-corrected chi connectivity index (χ4v) is 3.31. The Bertz CT molecular complexity index is 427. The third kappa shape index (κ3) is 5.98. The summed E-state index contributed by atoms with van der Waals surface area (Å²) >= 11 is 5.29. The summed E-state index contributed by atoms with van der Waals surface area (Å²) in [6, 6.07) is 3.81. The molecule has 0 spiro atoms. The molecule has 2 heterocycles. The van der Waals surface area contributed by atoms with Gasteiger partial charge in [-0.1, -0.05) is 13.8 Å². The van der Waals surface area contributed by atoms with Crippen molar-refractivity contribution in [2.24, 2.45) is 11.8 Å². The smallest absolute Gasteiger partial charge is 0.170 e. The van der Waals surface area contributed by atoms with Crippen LogP contribution in [0.25, 0.3) is 0 Å². The van der Waals surface area contributed by atoms with Crippen molar-refractivity contribution in [3.05, 3.63) is 24.5 Å². The van der Waals surface area contributed by atoms with Crippen LogP contribution in [0.15, 0.2) is 24.5 Å². The number of hydrogen-bond donors (Lipinski definition) is 2. The molecular weight excluding hydrogens is 280 g/mol. The maximum atomic E-state index is 5.29. The van der Waals surface area contributed by atoms with E-state index in [4.69, 9.17) is 12.2 Å². The minimum absolute atomic E-state index is 0.682. The average molecular weight is 306 g/mol. The second-order valence-corrected chi connectivity index (χ2v) is 6.58. The summed E-state index contributed by atoms with van der Waals surface area (Å²) in [5.41, 5.74) is 0.973. The Labute approximate surface area is 133 Å². The standard InChI is InChI=1S/C16H26N4S/c1-13-10-14(2)12-20(11-13)9-3-6-18-16(21)19-15-4-7-17-8-5-15/h4-5,7-8,13-14H,3,6,9-12H2,1-2H3,(H2,17,18,19,21)/t13-,14-/m1/s1. The van der Waals surface area contributed by atoms with Crippen LogP contribution in [0.2, 0.25) is 0 Å². The van der Waals surface area contributed by atoms with E-state index in [1.165, 1.54) is 19.5 Å². The molecule has 0 amide bonds. The lowest BCUT2D eigenvalue weighted by atomic mass is 9.92. The number of rotatable bonds is 5. The van der Waals surface area contributed by atoms with E-state index in [1.54, 1.807) is 12.4 Å². The Kier molecular flexibility index (Phi) is 6.39. The number of piperidine rings is 1. The number of thiocarbonyl (C=S) groups is 1. The number of likely N-dealkylation sites (tertiary alicyclic amines) is 1. The molecule has 2 atom stereocenters. The third-order valence-corrected chi connectivity index (χ3v) is 4.07.